The van der Waals surface area contributed by atoms with Crippen molar-refractivity contribution in [3.63, 3.8) is 0 Å². The highest BCUT2D eigenvalue weighted by Crippen LogP contribution is 2.38. The van der Waals surface area contributed by atoms with Gasteiger partial charge in [0.05, 0.1) is 19.2 Å². The number of nitrogens with one attached hydrogen (secondary N) is 1. The van der Waals surface area contributed by atoms with Gasteiger partial charge in [-0.15, -0.1) is 0 Å². The molecule has 1 aliphatic rings. The highest BCUT2D eigenvalue weighted by molar-refractivity contribution is 7.90. The third-order valence-electron chi connectivity index (χ3n) is 3.44. The summed E-state index contributed by atoms with van der Waals surface area (Å²) in [5.74, 6) is -1.12. The van der Waals surface area contributed by atoms with E-state index in [0.717, 1.165) is 10.4 Å². The van der Waals surface area contributed by atoms with E-state index in [9.17, 15) is 12.8 Å². The van der Waals surface area contributed by atoms with Crippen LogP contribution in [-0.2, 0) is 16.6 Å². The van der Waals surface area contributed by atoms with Crippen molar-refractivity contribution in [2.45, 2.75) is 11.4 Å². The van der Waals surface area contributed by atoms with Crippen LogP contribution in [0, 0.1) is 11.2 Å². The predicted octanol–water partition coefficient (Wildman–Crippen LogP) is 2.41. The van der Waals surface area contributed by atoms with E-state index in [1.165, 1.54) is 25.4 Å². The lowest BCUT2D eigenvalue weighted by atomic mass is 10.1. The van der Waals surface area contributed by atoms with Crippen LogP contribution in [0.1, 0.15) is 11.1 Å². The summed E-state index contributed by atoms with van der Waals surface area (Å²) in [5, 5.41) is 8.40. The Kier molecular flexibility index (Phi) is 3.73. The van der Waals surface area contributed by atoms with Crippen LogP contribution >= 0.6 is 11.6 Å². The molecule has 2 heterocycles. The molecule has 1 N–H and O–H groups in total. The summed E-state index contributed by atoms with van der Waals surface area (Å²) in [4.78, 5) is 3.33. The molecule has 0 fully saturated rings. The Morgan fingerprint density at radius 3 is 2.70 bits per heavy atom. The molecule has 0 amide bonds. The van der Waals surface area contributed by atoms with E-state index in [4.69, 9.17) is 21.7 Å². The van der Waals surface area contributed by atoms with Crippen molar-refractivity contribution in [3.8, 4) is 5.75 Å². The molecule has 0 radical (unpaired) electrons. The zero-order chi connectivity index (χ0) is 16.8. The number of nitrogens with zero attached hydrogens (tertiary/aromatic N) is 2. The first-order valence-electron chi connectivity index (χ1n) is 6.45. The normalized spacial score (nSPS) is 15.6. The molecule has 120 valence electrons. The number of halogens is 2. The number of ether oxygens (including phenoxy) is 1. The highest BCUT2D eigenvalue weighted by Gasteiger charge is 2.43. The number of methoxy groups -OCH3 is 1. The molecule has 23 heavy (non-hydrogen) atoms. The number of hydrogen-bond donors (Lipinski definition) is 1. The number of hydrogen-bond acceptors (Lipinski definition) is 5. The van der Waals surface area contributed by atoms with Gasteiger partial charge < -0.3 is 4.74 Å². The van der Waals surface area contributed by atoms with Gasteiger partial charge in [0.2, 0.25) is 0 Å². The maximum atomic E-state index is 14.1. The quantitative estimate of drug-likeness (QED) is 0.857. The van der Waals surface area contributed by atoms with Crippen molar-refractivity contribution in [2.24, 2.45) is 0 Å². The van der Waals surface area contributed by atoms with E-state index in [-0.39, 0.29) is 28.8 Å². The molecule has 0 saturated carbocycles. The van der Waals surface area contributed by atoms with Gasteiger partial charge in [-0.1, -0.05) is 17.7 Å². The van der Waals surface area contributed by atoms with Gasteiger partial charge in [0.15, 0.2) is 0 Å². The van der Waals surface area contributed by atoms with Gasteiger partial charge >= 0.3 is 0 Å². The average Bonchev–Trinajstić information content (AvgIpc) is 2.71. The Morgan fingerprint density at radius 1 is 1.35 bits per heavy atom. The van der Waals surface area contributed by atoms with Crippen LogP contribution in [0.25, 0.3) is 0 Å². The third kappa shape index (κ3) is 2.43. The maximum absolute atomic E-state index is 14.1. The van der Waals surface area contributed by atoms with Crippen molar-refractivity contribution in [3.05, 3.63) is 52.6 Å². The molecule has 0 aliphatic carbocycles. The van der Waals surface area contributed by atoms with Gasteiger partial charge in [0.25, 0.3) is 10.0 Å². The Balaban J connectivity index is 2.10. The molecule has 9 heteroatoms. The van der Waals surface area contributed by atoms with E-state index < -0.39 is 20.7 Å². The fourth-order valence-electron chi connectivity index (χ4n) is 2.37. The largest absolute Gasteiger partial charge is 0.496 e. The van der Waals surface area contributed by atoms with Crippen LogP contribution in [0.5, 0.6) is 5.75 Å². The molecule has 0 spiro atoms. The second-order valence-corrected chi connectivity index (χ2v) is 6.99. The van der Waals surface area contributed by atoms with E-state index >= 15 is 0 Å². The van der Waals surface area contributed by atoms with Crippen molar-refractivity contribution >= 4 is 27.5 Å². The number of sulfonamides is 1. The molecule has 1 aromatic heterocycles. The van der Waals surface area contributed by atoms with E-state index in [0.29, 0.717) is 5.56 Å². The number of aromatic nitrogens is 1. The van der Waals surface area contributed by atoms with Crippen LogP contribution in [-0.4, -0.2) is 30.7 Å². The first-order chi connectivity index (χ1) is 10.9. The van der Waals surface area contributed by atoms with Gasteiger partial charge in [-0.2, -0.15) is 0 Å². The summed E-state index contributed by atoms with van der Waals surface area (Å²) in [6.07, 6.45) is 1.40. The Labute approximate surface area is 137 Å². The van der Waals surface area contributed by atoms with Gasteiger partial charge in [0.1, 0.15) is 27.5 Å². The van der Waals surface area contributed by atoms with Gasteiger partial charge in [-0.05, 0) is 23.8 Å². The van der Waals surface area contributed by atoms with E-state index in [2.05, 4.69) is 4.98 Å². The topological polar surface area (TPSA) is 83.3 Å². The molecular weight excluding hydrogens is 345 g/mol. The molecular formula is C14H11ClFN3O3S. The predicted molar refractivity (Wildman–Crippen MR) is 81.8 cm³/mol. The summed E-state index contributed by atoms with van der Waals surface area (Å²) >= 11 is 5.70. The lowest BCUT2D eigenvalue weighted by Crippen LogP contribution is -2.29. The smallest absolute Gasteiger partial charge is 0.269 e. The second-order valence-electron chi connectivity index (χ2n) is 4.80. The number of fused-ring (bicyclic) bond motifs is 1. The van der Waals surface area contributed by atoms with Crippen LogP contribution in [0.2, 0.25) is 5.15 Å². The Morgan fingerprint density at radius 2 is 2.09 bits per heavy atom. The maximum Gasteiger partial charge on any atom is 0.269 e. The first kappa shape index (κ1) is 15.7. The van der Waals surface area contributed by atoms with E-state index in [1.807, 2.05) is 0 Å². The second kappa shape index (κ2) is 5.47. The van der Waals surface area contributed by atoms with Crippen molar-refractivity contribution < 1.29 is 17.5 Å². The summed E-state index contributed by atoms with van der Waals surface area (Å²) in [6.45, 7) is -0.150. The SMILES string of the molecule is COc1ccc(F)c2c1C(=N)N(Cc1ccc(Cl)nc1)S2(=O)=O. The van der Waals surface area contributed by atoms with Gasteiger partial charge in [-0.25, -0.2) is 22.1 Å². The van der Waals surface area contributed by atoms with Crippen LogP contribution in [0.3, 0.4) is 0 Å². The highest BCUT2D eigenvalue weighted by atomic mass is 35.5. The van der Waals surface area contributed by atoms with Crippen molar-refractivity contribution in [1.29, 1.82) is 5.41 Å². The Bertz CT molecular complexity index is 900. The Hall–Kier alpha value is -2.19. The van der Waals surface area contributed by atoms with Crippen LogP contribution in [0.4, 0.5) is 4.39 Å². The lowest BCUT2D eigenvalue weighted by Gasteiger charge is -2.16. The number of pyridine rings is 1. The van der Waals surface area contributed by atoms with Crippen LogP contribution < -0.4 is 4.74 Å². The summed E-state index contributed by atoms with van der Waals surface area (Å²) in [6, 6.07) is 5.41. The van der Waals surface area contributed by atoms with Crippen LogP contribution in [0.15, 0.2) is 35.4 Å². The van der Waals surface area contributed by atoms with Crippen molar-refractivity contribution in [1.82, 2.24) is 9.29 Å². The molecule has 0 atom stereocenters. The molecule has 1 aliphatic heterocycles. The molecule has 0 bridgehead atoms. The average molecular weight is 356 g/mol. The molecule has 1 aromatic carbocycles. The molecule has 0 unspecified atom stereocenters. The zero-order valence-electron chi connectivity index (χ0n) is 11.9. The third-order valence-corrected chi connectivity index (χ3v) is 5.47. The number of rotatable bonds is 3. The summed E-state index contributed by atoms with van der Waals surface area (Å²) < 4.78 is 45.1. The van der Waals surface area contributed by atoms with E-state index in [1.54, 1.807) is 6.07 Å². The first-order valence-corrected chi connectivity index (χ1v) is 8.26. The number of benzene rings is 1. The lowest BCUT2D eigenvalue weighted by molar-refractivity contribution is 0.410. The minimum Gasteiger partial charge on any atom is -0.496 e. The molecule has 6 nitrogen and oxygen atoms in total. The monoisotopic (exact) mass is 355 g/mol. The van der Waals surface area contributed by atoms with Gasteiger partial charge in [0, 0.05) is 6.20 Å². The molecule has 2 aromatic rings. The summed E-state index contributed by atoms with van der Waals surface area (Å²) in [5.41, 5.74) is 0.448. The fraction of sp³-hybridized carbons (Fsp3) is 0.143. The molecule has 3 rings (SSSR count). The fourth-order valence-corrected chi connectivity index (χ4v) is 4.12. The molecule has 0 saturated heterocycles. The minimum atomic E-state index is -4.17. The van der Waals surface area contributed by atoms with Gasteiger partial charge in [-0.3, -0.25) is 5.41 Å². The summed E-state index contributed by atoms with van der Waals surface area (Å²) in [7, 11) is -2.84. The zero-order valence-corrected chi connectivity index (χ0v) is 13.4. The number of amidine groups is 1. The minimum absolute atomic E-state index is 0.0746. The standard InChI is InChI=1S/C14H11ClFN3O3S/c1-22-10-4-3-9(16)13-12(10)14(17)19(23(13,20)21)7-8-2-5-11(15)18-6-8/h2-6,17H,7H2,1H3. The van der Waals surface area contributed by atoms with Crippen molar-refractivity contribution in [2.75, 3.05) is 7.11 Å².